The van der Waals surface area contributed by atoms with Gasteiger partial charge in [0.25, 0.3) is 0 Å². The lowest BCUT2D eigenvalue weighted by atomic mass is 9.80. The zero-order chi connectivity index (χ0) is 22.1. The van der Waals surface area contributed by atoms with E-state index in [1.54, 1.807) is 12.1 Å². The van der Waals surface area contributed by atoms with Crippen LogP contribution in [-0.2, 0) is 22.6 Å². The van der Waals surface area contributed by atoms with Crippen molar-refractivity contribution in [1.82, 2.24) is 14.7 Å². The number of halogens is 1. The number of carboxylic acids is 1. The lowest BCUT2D eigenvalue weighted by Crippen LogP contribution is -2.38. The van der Waals surface area contributed by atoms with E-state index in [9.17, 15) is 14.0 Å². The Hall–Kier alpha value is -2.70. The number of carbonyl (C=O) groups excluding carboxylic acids is 1. The normalized spacial score (nSPS) is 22.1. The highest BCUT2D eigenvalue weighted by atomic mass is 19.1. The molecule has 0 saturated heterocycles. The van der Waals surface area contributed by atoms with Crippen molar-refractivity contribution in [2.24, 2.45) is 11.8 Å². The van der Waals surface area contributed by atoms with Crippen LogP contribution >= 0.6 is 0 Å². The van der Waals surface area contributed by atoms with Crippen LogP contribution < -0.4 is 0 Å². The van der Waals surface area contributed by atoms with E-state index in [1.165, 1.54) is 17.7 Å². The maximum absolute atomic E-state index is 13.3. The fourth-order valence-corrected chi connectivity index (χ4v) is 5.03. The molecule has 1 amide bonds. The minimum atomic E-state index is -0.716. The fraction of sp³-hybridized carbons (Fsp3) is 0.542. The third-order valence-corrected chi connectivity index (χ3v) is 7.02. The first-order valence-electron chi connectivity index (χ1n) is 11.2. The summed E-state index contributed by atoms with van der Waals surface area (Å²) in [5.41, 5.74) is 4.23. The van der Waals surface area contributed by atoms with Gasteiger partial charge in [-0.25, -0.2) is 4.39 Å². The molecule has 0 radical (unpaired) electrons. The number of aromatic nitrogens is 2. The van der Waals surface area contributed by atoms with Gasteiger partial charge in [0.2, 0.25) is 5.91 Å². The molecule has 1 fully saturated rings. The molecule has 166 valence electrons. The van der Waals surface area contributed by atoms with E-state index in [2.05, 4.69) is 0 Å². The number of benzene rings is 1. The van der Waals surface area contributed by atoms with E-state index in [0.717, 1.165) is 36.2 Å². The minimum Gasteiger partial charge on any atom is -0.481 e. The Labute approximate surface area is 182 Å². The highest BCUT2D eigenvalue weighted by molar-refractivity contribution is 5.77. The molecule has 1 atom stereocenters. The van der Waals surface area contributed by atoms with Crippen LogP contribution in [0.5, 0.6) is 0 Å². The molecule has 1 saturated carbocycles. The molecule has 2 aliphatic rings. The van der Waals surface area contributed by atoms with E-state index < -0.39 is 5.97 Å². The maximum Gasteiger partial charge on any atom is 0.306 e. The number of fused-ring (bicyclic) bond motifs is 1. The van der Waals surface area contributed by atoms with Crippen molar-refractivity contribution in [2.45, 2.75) is 65.0 Å². The van der Waals surface area contributed by atoms with Crippen LogP contribution in [0.4, 0.5) is 4.39 Å². The predicted molar refractivity (Wildman–Crippen MR) is 114 cm³/mol. The van der Waals surface area contributed by atoms with E-state index in [-0.39, 0.29) is 29.6 Å². The Kier molecular flexibility index (Phi) is 6.12. The summed E-state index contributed by atoms with van der Waals surface area (Å²) in [7, 11) is 0. The van der Waals surface area contributed by atoms with Gasteiger partial charge in [-0.3, -0.25) is 14.3 Å². The summed E-state index contributed by atoms with van der Waals surface area (Å²) < 4.78 is 15.3. The molecule has 2 heterocycles. The standard InChI is InChI=1S/C24H30FN3O3/c1-15-21-11-12-27(23(29)13-17-3-5-19(6-4-17)24(30)31)14-22(21)28(26-15)16(2)18-7-9-20(25)10-8-18/h7-10,16-17,19H,3-6,11-14H2,1-2H3,(H,30,31)/t16?,17-,19-. The summed E-state index contributed by atoms with van der Waals surface area (Å²) in [4.78, 5) is 26.1. The monoisotopic (exact) mass is 427 g/mol. The molecule has 1 N–H and O–H groups in total. The largest absolute Gasteiger partial charge is 0.481 e. The summed E-state index contributed by atoms with van der Waals surface area (Å²) in [6.07, 6.45) is 4.22. The highest BCUT2D eigenvalue weighted by Gasteiger charge is 2.31. The molecule has 1 aliphatic heterocycles. The number of aliphatic carboxylic acids is 1. The third-order valence-electron chi connectivity index (χ3n) is 7.02. The molecule has 1 unspecified atom stereocenters. The number of aryl methyl sites for hydroxylation is 1. The predicted octanol–water partition coefficient (Wildman–Crippen LogP) is 4.11. The molecule has 2 aromatic rings. The van der Waals surface area contributed by atoms with Crippen molar-refractivity contribution in [2.75, 3.05) is 6.54 Å². The Balaban J connectivity index is 1.45. The number of amides is 1. The molecular weight excluding hydrogens is 397 g/mol. The summed E-state index contributed by atoms with van der Waals surface area (Å²) in [6.45, 7) is 5.27. The Morgan fingerprint density at radius 2 is 1.87 bits per heavy atom. The van der Waals surface area contributed by atoms with Crippen LogP contribution in [0, 0.1) is 24.6 Å². The molecule has 0 spiro atoms. The number of carbonyl (C=O) groups is 2. The van der Waals surface area contributed by atoms with E-state index >= 15 is 0 Å². The smallest absolute Gasteiger partial charge is 0.306 e. The summed E-state index contributed by atoms with van der Waals surface area (Å²) in [6, 6.07) is 6.43. The van der Waals surface area contributed by atoms with Crippen LogP contribution in [0.25, 0.3) is 0 Å². The van der Waals surface area contributed by atoms with Crippen molar-refractivity contribution >= 4 is 11.9 Å². The van der Waals surface area contributed by atoms with Crippen molar-refractivity contribution in [3.8, 4) is 0 Å². The topological polar surface area (TPSA) is 75.4 Å². The molecule has 7 heteroatoms. The molecule has 0 bridgehead atoms. The van der Waals surface area contributed by atoms with Gasteiger partial charge in [-0.1, -0.05) is 12.1 Å². The van der Waals surface area contributed by atoms with Crippen molar-refractivity contribution in [1.29, 1.82) is 0 Å². The van der Waals surface area contributed by atoms with Crippen LogP contribution in [0.15, 0.2) is 24.3 Å². The zero-order valence-electron chi connectivity index (χ0n) is 18.2. The Morgan fingerprint density at radius 3 is 2.52 bits per heavy atom. The molecule has 6 nitrogen and oxygen atoms in total. The molecule has 31 heavy (non-hydrogen) atoms. The lowest BCUT2D eigenvalue weighted by molar-refractivity contribution is -0.143. The molecule has 1 aliphatic carbocycles. The number of hydrogen-bond acceptors (Lipinski definition) is 3. The highest BCUT2D eigenvalue weighted by Crippen LogP contribution is 2.33. The second kappa shape index (κ2) is 8.81. The Bertz CT molecular complexity index is 961. The summed E-state index contributed by atoms with van der Waals surface area (Å²) in [5, 5.41) is 13.9. The first-order chi connectivity index (χ1) is 14.8. The van der Waals surface area contributed by atoms with Crippen LogP contribution in [-0.4, -0.2) is 38.2 Å². The zero-order valence-corrected chi connectivity index (χ0v) is 18.2. The van der Waals surface area contributed by atoms with Gasteiger partial charge in [0, 0.05) is 13.0 Å². The SMILES string of the molecule is Cc1nn(C(C)c2ccc(F)cc2)c2c1CCN(C(=O)C[C@H]1CC[C@H](C(=O)O)CC1)C2. The van der Waals surface area contributed by atoms with Crippen LogP contribution in [0.3, 0.4) is 0 Å². The minimum absolute atomic E-state index is 0.0515. The van der Waals surface area contributed by atoms with Gasteiger partial charge < -0.3 is 10.0 Å². The van der Waals surface area contributed by atoms with Crippen molar-refractivity contribution in [3.05, 3.63) is 52.6 Å². The molecule has 1 aromatic carbocycles. The van der Waals surface area contributed by atoms with E-state index in [4.69, 9.17) is 10.2 Å². The van der Waals surface area contributed by atoms with Gasteiger partial charge in [-0.05, 0) is 75.1 Å². The second-order valence-corrected chi connectivity index (χ2v) is 9.01. The van der Waals surface area contributed by atoms with E-state index in [0.29, 0.717) is 32.4 Å². The molecule has 1 aromatic heterocycles. The van der Waals surface area contributed by atoms with Gasteiger partial charge in [0.1, 0.15) is 5.82 Å². The summed E-state index contributed by atoms with van der Waals surface area (Å²) >= 11 is 0. The van der Waals surface area contributed by atoms with Crippen LogP contribution in [0.2, 0.25) is 0 Å². The second-order valence-electron chi connectivity index (χ2n) is 9.01. The maximum atomic E-state index is 13.3. The molecular formula is C24H30FN3O3. The van der Waals surface area contributed by atoms with Gasteiger partial charge in [0.15, 0.2) is 0 Å². The summed E-state index contributed by atoms with van der Waals surface area (Å²) in [5.74, 6) is -0.816. The Morgan fingerprint density at radius 1 is 1.19 bits per heavy atom. The number of hydrogen-bond donors (Lipinski definition) is 1. The van der Waals surface area contributed by atoms with Gasteiger partial charge in [0.05, 0.1) is 29.9 Å². The average Bonchev–Trinajstić information content (AvgIpc) is 3.10. The number of nitrogens with zero attached hydrogens (tertiary/aromatic N) is 3. The number of rotatable bonds is 5. The van der Waals surface area contributed by atoms with Crippen molar-refractivity contribution < 1.29 is 19.1 Å². The van der Waals surface area contributed by atoms with Gasteiger partial charge >= 0.3 is 5.97 Å². The fourth-order valence-electron chi connectivity index (χ4n) is 5.03. The van der Waals surface area contributed by atoms with Gasteiger partial charge in [-0.15, -0.1) is 0 Å². The quantitative estimate of drug-likeness (QED) is 0.779. The van der Waals surface area contributed by atoms with E-state index in [1.807, 2.05) is 23.4 Å². The molecule has 4 rings (SSSR count). The average molecular weight is 428 g/mol. The number of carboxylic acid groups (broad SMARTS) is 1. The van der Waals surface area contributed by atoms with Gasteiger partial charge in [-0.2, -0.15) is 5.10 Å². The first kappa shape index (κ1) is 21.5. The first-order valence-corrected chi connectivity index (χ1v) is 11.2. The van der Waals surface area contributed by atoms with Crippen molar-refractivity contribution in [3.63, 3.8) is 0 Å². The van der Waals surface area contributed by atoms with Crippen LogP contribution in [0.1, 0.15) is 67.6 Å². The lowest BCUT2D eigenvalue weighted by Gasteiger charge is -2.32. The third kappa shape index (κ3) is 4.50.